The van der Waals surface area contributed by atoms with Gasteiger partial charge in [0.25, 0.3) is 0 Å². The smallest absolute Gasteiger partial charge is 0.335 e. The van der Waals surface area contributed by atoms with Gasteiger partial charge in [0.1, 0.15) is 6.10 Å². The Balaban J connectivity index is 0.000000337. The van der Waals surface area contributed by atoms with E-state index < -0.39 is 11.6 Å². The van der Waals surface area contributed by atoms with Crippen molar-refractivity contribution in [3.63, 3.8) is 0 Å². The van der Waals surface area contributed by atoms with Gasteiger partial charge in [0.05, 0.1) is 6.61 Å². The summed E-state index contributed by atoms with van der Waals surface area (Å²) in [5.41, 5.74) is 4.18. The van der Waals surface area contributed by atoms with Gasteiger partial charge in [0.15, 0.2) is 0 Å². The van der Waals surface area contributed by atoms with E-state index in [0.29, 0.717) is 6.10 Å². The molecule has 0 aromatic heterocycles. The molecular formula is C11H14O3S. The summed E-state index contributed by atoms with van der Waals surface area (Å²) >= 11 is -0.750. The van der Waals surface area contributed by atoms with Crippen LogP contribution in [0.5, 0.6) is 0 Å². The number of hydrogen-bond donors (Lipinski definition) is 0. The Morgan fingerprint density at radius 3 is 2.53 bits per heavy atom. The molecule has 0 unspecified atom stereocenters. The Kier molecular flexibility index (Phi) is 4.65. The van der Waals surface area contributed by atoms with Crippen LogP contribution in [0.2, 0.25) is 0 Å². The first-order valence-corrected chi connectivity index (χ1v) is 5.52. The van der Waals surface area contributed by atoms with Gasteiger partial charge in [0.2, 0.25) is 0 Å². The number of epoxide rings is 1. The number of benzene rings is 1. The maximum atomic E-state index is 8.29. The van der Waals surface area contributed by atoms with Crippen molar-refractivity contribution in [2.75, 3.05) is 6.61 Å². The summed E-state index contributed by atoms with van der Waals surface area (Å²) in [4.78, 5) is 0. The molecule has 1 aliphatic heterocycles. The number of ether oxygens (including phenoxy) is 1. The summed E-state index contributed by atoms with van der Waals surface area (Å²) in [5, 5.41) is 0. The second kappa shape index (κ2) is 5.78. The summed E-state index contributed by atoms with van der Waals surface area (Å²) in [6.07, 6.45) is 1.52. The van der Waals surface area contributed by atoms with E-state index in [4.69, 9.17) is 13.2 Å². The second-order valence-corrected chi connectivity index (χ2v) is 3.57. The van der Waals surface area contributed by atoms with Crippen LogP contribution in [0.4, 0.5) is 0 Å². The molecule has 0 aliphatic carbocycles. The van der Waals surface area contributed by atoms with Gasteiger partial charge in [-0.15, -0.1) is 0 Å². The molecule has 1 aliphatic rings. The Labute approximate surface area is 93.1 Å². The van der Waals surface area contributed by atoms with Crippen LogP contribution in [0.3, 0.4) is 0 Å². The van der Waals surface area contributed by atoms with E-state index in [1.54, 1.807) is 0 Å². The van der Waals surface area contributed by atoms with E-state index in [0.717, 1.165) is 13.0 Å². The Bertz CT molecular complexity index is 366. The molecule has 1 aromatic rings. The molecule has 15 heavy (non-hydrogen) atoms. The quantitative estimate of drug-likeness (QED) is 0.724. The Hall–Kier alpha value is -1.00. The standard InChI is InChI=1S/C11H14O.O2S/c1-3-9-6-10(11-7-12-11)5-4-8(9)2;1-3-2/h4-6,11H,3,7H2,1-2H3;/t11-;/m0./s1. The molecule has 1 fully saturated rings. The van der Waals surface area contributed by atoms with Crippen LogP contribution in [0, 0.1) is 6.92 Å². The van der Waals surface area contributed by atoms with Crippen molar-refractivity contribution in [3.05, 3.63) is 34.9 Å². The lowest BCUT2D eigenvalue weighted by Crippen LogP contribution is -1.89. The summed E-state index contributed by atoms with van der Waals surface area (Å²) in [6.45, 7) is 5.27. The molecule has 0 spiro atoms. The number of aryl methyl sites for hydroxylation is 2. The van der Waals surface area contributed by atoms with Gasteiger partial charge >= 0.3 is 11.6 Å². The third kappa shape index (κ3) is 3.57. The molecule has 82 valence electrons. The van der Waals surface area contributed by atoms with Gasteiger partial charge < -0.3 is 4.74 Å². The average molecular weight is 226 g/mol. The molecular weight excluding hydrogens is 212 g/mol. The van der Waals surface area contributed by atoms with E-state index in [-0.39, 0.29) is 0 Å². The second-order valence-electron chi connectivity index (χ2n) is 3.43. The molecule has 0 bridgehead atoms. The van der Waals surface area contributed by atoms with Crippen LogP contribution in [0.25, 0.3) is 0 Å². The maximum Gasteiger partial charge on any atom is 0.335 e. The fourth-order valence-electron chi connectivity index (χ4n) is 1.51. The van der Waals surface area contributed by atoms with Crippen LogP contribution in [-0.2, 0) is 22.7 Å². The van der Waals surface area contributed by atoms with E-state index in [2.05, 4.69) is 32.0 Å². The predicted octanol–water partition coefficient (Wildman–Crippen LogP) is 1.96. The van der Waals surface area contributed by atoms with Gasteiger partial charge in [-0.1, -0.05) is 25.1 Å². The predicted molar refractivity (Wildman–Crippen MR) is 58.2 cm³/mol. The summed E-state index contributed by atoms with van der Waals surface area (Å²) in [5.74, 6) is 0. The fraction of sp³-hybridized carbons (Fsp3) is 0.455. The van der Waals surface area contributed by atoms with E-state index >= 15 is 0 Å². The molecule has 3 nitrogen and oxygen atoms in total. The highest BCUT2D eigenvalue weighted by atomic mass is 32.1. The Morgan fingerprint density at radius 2 is 2.07 bits per heavy atom. The largest absolute Gasteiger partial charge is 0.368 e. The van der Waals surface area contributed by atoms with Crippen molar-refractivity contribution in [1.29, 1.82) is 0 Å². The van der Waals surface area contributed by atoms with Crippen molar-refractivity contribution in [1.82, 2.24) is 0 Å². The van der Waals surface area contributed by atoms with Crippen LogP contribution in [-0.4, -0.2) is 15.0 Å². The minimum absolute atomic E-state index is 0.399. The van der Waals surface area contributed by atoms with Gasteiger partial charge in [-0.25, -0.2) is 0 Å². The molecule has 1 saturated heterocycles. The molecule has 0 amide bonds. The van der Waals surface area contributed by atoms with E-state index in [1.165, 1.54) is 16.7 Å². The van der Waals surface area contributed by atoms with Gasteiger partial charge in [-0.05, 0) is 30.0 Å². The zero-order valence-electron chi connectivity index (χ0n) is 8.86. The normalized spacial score (nSPS) is 17.6. The minimum Gasteiger partial charge on any atom is -0.368 e. The topological polar surface area (TPSA) is 46.7 Å². The molecule has 4 heteroatoms. The Morgan fingerprint density at radius 1 is 1.47 bits per heavy atom. The lowest BCUT2D eigenvalue weighted by atomic mass is 10.0. The van der Waals surface area contributed by atoms with Crippen molar-refractivity contribution < 1.29 is 13.2 Å². The van der Waals surface area contributed by atoms with Crippen LogP contribution in [0.1, 0.15) is 29.7 Å². The molecule has 1 heterocycles. The first-order chi connectivity index (χ1) is 7.22. The van der Waals surface area contributed by atoms with Crippen LogP contribution in [0.15, 0.2) is 18.2 Å². The molecule has 0 saturated carbocycles. The summed E-state index contributed by atoms with van der Waals surface area (Å²) in [7, 11) is 0. The molecule has 2 rings (SSSR count). The van der Waals surface area contributed by atoms with Crippen LogP contribution < -0.4 is 0 Å². The van der Waals surface area contributed by atoms with Gasteiger partial charge in [-0.3, -0.25) is 0 Å². The first kappa shape index (κ1) is 12.1. The van der Waals surface area contributed by atoms with E-state index in [1.807, 2.05) is 0 Å². The van der Waals surface area contributed by atoms with Gasteiger partial charge in [-0.2, -0.15) is 8.42 Å². The zero-order chi connectivity index (χ0) is 11.3. The highest BCUT2D eigenvalue weighted by molar-refractivity contribution is 7.51. The lowest BCUT2D eigenvalue weighted by molar-refractivity contribution is 0.415. The summed E-state index contributed by atoms with van der Waals surface area (Å²) in [6, 6.07) is 6.63. The maximum absolute atomic E-state index is 8.29. The van der Waals surface area contributed by atoms with Crippen molar-refractivity contribution in [2.24, 2.45) is 0 Å². The SMILES string of the molecule is CCc1cc([C@@H]2CO2)ccc1C.O=S=O. The van der Waals surface area contributed by atoms with Crippen molar-refractivity contribution in [2.45, 2.75) is 26.4 Å². The lowest BCUT2D eigenvalue weighted by Gasteiger charge is -2.04. The van der Waals surface area contributed by atoms with E-state index in [9.17, 15) is 0 Å². The monoisotopic (exact) mass is 226 g/mol. The highest BCUT2D eigenvalue weighted by Crippen LogP contribution is 2.30. The third-order valence-corrected chi connectivity index (χ3v) is 2.46. The third-order valence-electron chi connectivity index (χ3n) is 2.46. The first-order valence-electron chi connectivity index (χ1n) is 4.85. The molecule has 1 aromatic carbocycles. The zero-order valence-corrected chi connectivity index (χ0v) is 9.67. The van der Waals surface area contributed by atoms with Gasteiger partial charge in [0, 0.05) is 0 Å². The fourth-order valence-corrected chi connectivity index (χ4v) is 1.51. The summed E-state index contributed by atoms with van der Waals surface area (Å²) < 4.78 is 21.8. The molecule has 0 N–H and O–H groups in total. The highest BCUT2D eigenvalue weighted by Gasteiger charge is 2.24. The van der Waals surface area contributed by atoms with Crippen LogP contribution >= 0.6 is 0 Å². The number of rotatable bonds is 2. The average Bonchev–Trinajstić information content (AvgIpc) is 3.03. The molecule has 1 atom stereocenters. The minimum atomic E-state index is -0.750. The van der Waals surface area contributed by atoms with Crippen molar-refractivity contribution >= 4 is 11.6 Å². The molecule has 0 radical (unpaired) electrons. The van der Waals surface area contributed by atoms with Crippen molar-refractivity contribution in [3.8, 4) is 0 Å². The number of hydrogen-bond acceptors (Lipinski definition) is 3.